The van der Waals surface area contributed by atoms with Crippen molar-refractivity contribution >= 4 is 21.8 Å². The zero-order valence-corrected chi connectivity index (χ0v) is 17.3. The van der Waals surface area contributed by atoms with Gasteiger partial charge in [-0.15, -0.1) is 0 Å². The molecule has 0 aliphatic carbocycles. The smallest absolute Gasteiger partial charge is 0.137 e. The fourth-order valence-corrected chi connectivity index (χ4v) is 4.14. The molecule has 6 nitrogen and oxygen atoms in total. The van der Waals surface area contributed by atoms with Crippen LogP contribution in [-0.2, 0) is 0 Å². The van der Waals surface area contributed by atoms with E-state index in [2.05, 4.69) is 67.6 Å². The maximum absolute atomic E-state index is 5.33. The Kier molecular flexibility index (Phi) is 4.21. The number of ether oxygens (including phenoxy) is 1. The summed E-state index contributed by atoms with van der Waals surface area (Å²) in [6.45, 7) is 0. The lowest BCUT2D eigenvalue weighted by atomic mass is 10.0. The van der Waals surface area contributed by atoms with Gasteiger partial charge in [0.15, 0.2) is 0 Å². The number of nitrogens with zero attached hydrogens (tertiary/aromatic N) is 3. The lowest BCUT2D eigenvalue weighted by Crippen LogP contribution is -1.86. The Morgan fingerprint density at radius 2 is 1.69 bits per heavy atom. The zero-order chi connectivity index (χ0) is 21.5. The highest BCUT2D eigenvalue weighted by molar-refractivity contribution is 6.01. The predicted octanol–water partition coefficient (Wildman–Crippen LogP) is 5.84. The number of hydrogen-bond acceptors (Lipinski definition) is 4. The molecule has 2 N–H and O–H groups in total. The second kappa shape index (κ2) is 7.35. The molecule has 6 heteroatoms. The van der Waals surface area contributed by atoms with E-state index in [4.69, 9.17) is 4.74 Å². The first-order valence-corrected chi connectivity index (χ1v) is 10.3. The average molecular weight is 417 g/mol. The number of aromatic amines is 2. The molecule has 0 amide bonds. The molecule has 0 saturated carbocycles. The summed E-state index contributed by atoms with van der Waals surface area (Å²) in [4.78, 5) is 12.1. The second-order valence-electron chi connectivity index (χ2n) is 7.64. The molecule has 0 aliphatic rings. The topological polar surface area (TPSA) is 79.5 Å². The molecule has 0 aliphatic heterocycles. The van der Waals surface area contributed by atoms with Gasteiger partial charge >= 0.3 is 0 Å². The van der Waals surface area contributed by atoms with Crippen LogP contribution in [0.15, 0.2) is 85.5 Å². The molecule has 0 spiro atoms. The van der Waals surface area contributed by atoms with Gasteiger partial charge in [0.1, 0.15) is 11.4 Å². The largest absolute Gasteiger partial charge is 0.495 e. The molecule has 6 rings (SSSR count). The third-order valence-electron chi connectivity index (χ3n) is 5.74. The van der Waals surface area contributed by atoms with Crippen molar-refractivity contribution in [2.75, 3.05) is 7.11 Å². The van der Waals surface area contributed by atoms with Crippen LogP contribution in [0.25, 0.3) is 55.4 Å². The number of methoxy groups -OCH3 is 1. The molecule has 6 aromatic rings. The number of fused-ring (bicyclic) bond motifs is 2. The zero-order valence-electron chi connectivity index (χ0n) is 17.3. The fraction of sp³-hybridized carbons (Fsp3) is 0.0385. The van der Waals surface area contributed by atoms with Crippen LogP contribution in [0.5, 0.6) is 5.75 Å². The Morgan fingerprint density at radius 1 is 0.750 bits per heavy atom. The van der Waals surface area contributed by atoms with E-state index >= 15 is 0 Å². The van der Waals surface area contributed by atoms with Gasteiger partial charge in [0.25, 0.3) is 0 Å². The SMILES string of the molecule is COc1cncc(-c2ccc3[nH]nc(-c4cc5c(-c6cccnc6)cccc5[nH]4)c3c2)c1. The summed E-state index contributed by atoms with van der Waals surface area (Å²) in [6, 6.07) is 20.7. The second-order valence-corrected chi connectivity index (χ2v) is 7.64. The summed E-state index contributed by atoms with van der Waals surface area (Å²) in [7, 11) is 1.65. The van der Waals surface area contributed by atoms with Gasteiger partial charge in [0.2, 0.25) is 0 Å². The van der Waals surface area contributed by atoms with Gasteiger partial charge in [-0.25, -0.2) is 0 Å². The molecule has 0 radical (unpaired) electrons. The summed E-state index contributed by atoms with van der Waals surface area (Å²) in [5.74, 6) is 0.730. The van der Waals surface area contributed by atoms with Crippen LogP contribution in [0.2, 0.25) is 0 Å². The quantitative estimate of drug-likeness (QED) is 0.377. The number of benzene rings is 2. The van der Waals surface area contributed by atoms with Crippen molar-refractivity contribution in [2.45, 2.75) is 0 Å². The van der Waals surface area contributed by atoms with Gasteiger partial charge in [-0.05, 0) is 47.5 Å². The third-order valence-corrected chi connectivity index (χ3v) is 5.74. The Labute approximate surface area is 183 Å². The fourth-order valence-electron chi connectivity index (χ4n) is 4.14. The van der Waals surface area contributed by atoms with Gasteiger partial charge in [0, 0.05) is 46.0 Å². The maximum atomic E-state index is 5.33. The predicted molar refractivity (Wildman–Crippen MR) is 126 cm³/mol. The summed E-state index contributed by atoms with van der Waals surface area (Å²) in [6.07, 6.45) is 7.22. The average Bonchev–Trinajstić information content (AvgIpc) is 3.48. The molecule has 0 unspecified atom stereocenters. The molecule has 0 atom stereocenters. The van der Waals surface area contributed by atoms with Crippen LogP contribution < -0.4 is 4.74 Å². The van der Waals surface area contributed by atoms with E-state index in [0.29, 0.717) is 0 Å². The van der Waals surface area contributed by atoms with Gasteiger partial charge < -0.3 is 9.72 Å². The lowest BCUT2D eigenvalue weighted by Gasteiger charge is -2.04. The molecule has 154 valence electrons. The minimum atomic E-state index is 0.730. The Balaban J connectivity index is 1.50. The highest BCUT2D eigenvalue weighted by Gasteiger charge is 2.14. The van der Waals surface area contributed by atoms with E-state index in [1.165, 1.54) is 0 Å². The molecule has 0 saturated heterocycles. The van der Waals surface area contributed by atoms with Gasteiger partial charge in [0.05, 0.1) is 24.5 Å². The van der Waals surface area contributed by atoms with Crippen LogP contribution in [-0.4, -0.2) is 32.3 Å². The van der Waals surface area contributed by atoms with Crippen molar-refractivity contribution in [3.8, 4) is 39.4 Å². The lowest BCUT2D eigenvalue weighted by molar-refractivity contribution is 0.413. The number of H-pyrrole nitrogens is 2. The standard InChI is InChI=1S/C26H19N5O/c1-32-19-10-18(14-28-15-19)16-7-8-24-22(11-16)26(31-30-24)25-12-21-20(5-2-6-23(21)29-25)17-4-3-9-27-13-17/h2-15,29H,1H3,(H,30,31). The highest BCUT2D eigenvalue weighted by atomic mass is 16.5. The molecule has 4 heterocycles. The molecular weight excluding hydrogens is 398 g/mol. The normalized spacial score (nSPS) is 11.3. The van der Waals surface area contributed by atoms with Crippen molar-refractivity contribution in [1.29, 1.82) is 0 Å². The Bertz CT molecular complexity index is 1570. The van der Waals surface area contributed by atoms with Crippen LogP contribution in [0, 0.1) is 0 Å². The Hall–Kier alpha value is -4.45. The third kappa shape index (κ3) is 3.01. The van der Waals surface area contributed by atoms with Crippen LogP contribution in [0.4, 0.5) is 0 Å². The first-order chi connectivity index (χ1) is 15.8. The van der Waals surface area contributed by atoms with Gasteiger partial charge in [-0.3, -0.25) is 15.1 Å². The summed E-state index contributed by atoms with van der Waals surface area (Å²) < 4.78 is 5.33. The first kappa shape index (κ1) is 18.3. The molecule has 32 heavy (non-hydrogen) atoms. The molecular formula is C26H19N5O. The van der Waals surface area contributed by atoms with E-state index < -0.39 is 0 Å². The van der Waals surface area contributed by atoms with E-state index in [1.807, 2.05) is 30.6 Å². The van der Waals surface area contributed by atoms with E-state index in [9.17, 15) is 0 Å². The van der Waals surface area contributed by atoms with Gasteiger partial charge in [-0.2, -0.15) is 5.10 Å². The van der Waals surface area contributed by atoms with E-state index in [-0.39, 0.29) is 0 Å². The van der Waals surface area contributed by atoms with E-state index in [0.717, 1.165) is 61.2 Å². The van der Waals surface area contributed by atoms with Crippen molar-refractivity contribution in [3.05, 3.63) is 85.5 Å². The van der Waals surface area contributed by atoms with E-state index in [1.54, 1.807) is 19.5 Å². The Morgan fingerprint density at radius 3 is 2.56 bits per heavy atom. The minimum Gasteiger partial charge on any atom is -0.495 e. The van der Waals surface area contributed by atoms with Crippen molar-refractivity contribution in [2.24, 2.45) is 0 Å². The summed E-state index contributed by atoms with van der Waals surface area (Å²) >= 11 is 0. The number of aromatic nitrogens is 5. The number of rotatable bonds is 4. The number of pyridine rings is 2. The van der Waals surface area contributed by atoms with Crippen molar-refractivity contribution < 1.29 is 4.74 Å². The van der Waals surface area contributed by atoms with Crippen molar-refractivity contribution in [1.82, 2.24) is 25.1 Å². The number of hydrogen-bond donors (Lipinski definition) is 2. The highest BCUT2D eigenvalue weighted by Crippen LogP contribution is 2.35. The molecule has 0 bridgehead atoms. The van der Waals surface area contributed by atoms with Gasteiger partial charge in [-0.1, -0.05) is 24.3 Å². The van der Waals surface area contributed by atoms with Crippen molar-refractivity contribution in [3.63, 3.8) is 0 Å². The summed E-state index contributed by atoms with van der Waals surface area (Å²) in [5.41, 5.74) is 8.16. The van der Waals surface area contributed by atoms with Crippen LogP contribution >= 0.6 is 0 Å². The van der Waals surface area contributed by atoms with Crippen LogP contribution in [0.1, 0.15) is 0 Å². The first-order valence-electron chi connectivity index (χ1n) is 10.3. The monoisotopic (exact) mass is 417 g/mol. The van der Waals surface area contributed by atoms with Crippen LogP contribution in [0.3, 0.4) is 0 Å². The minimum absolute atomic E-state index is 0.730. The number of nitrogens with one attached hydrogen (secondary N) is 2. The molecule has 2 aromatic carbocycles. The summed E-state index contributed by atoms with van der Waals surface area (Å²) in [5, 5.41) is 9.96. The molecule has 0 fully saturated rings. The maximum Gasteiger partial charge on any atom is 0.137 e. The molecule has 4 aromatic heterocycles.